The van der Waals surface area contributed by atoms with Crippen molar-refractivity contribution >= 4 is 22.7 Å². The predicted octanol–water partition coefficient (Wildman–Crippen LogP) is 5.32. The second-order valence-corrected chi connectivity index (χ2v) is 8.58. The van der Waals surface area contributed by atoms with Crippen molar-refractivity contribution in [1.29, 1.82) is 5.41 Å². The molecule has 0 spiro atoms. The van der Waals surface area contributed by atoms with E-state index in [9.17, 15) is 5.11 Å². The highest BCUT2D eigenvalue weighted by Gasteiger charge is 2.35. The summed E-state index contributed by atoms with van der Waals surface area (Å²) in [6, 6.07) is 8.74. The molecular weight excluding hydrogens is 342 g/mol. The Morgan fingerprint density at radius 3 is 2.50 bits per heavy atom. The Morgan fingerprint density at radius 1 is 1.12 bits per heavy atom. The van der Waals surface area contributed by atoms with Crippen LogP contribution in [0.2, 0.25) is 0 Å². The van der Waals surface area contributed by atoms with E-state index >= 15 is 0 Å². The molecule has 0 amide bonds. The van der Waals surface area contributed by atoms with Crippen molar-refractivity contribution in [3.63, 3.8) is 0 Å². The van der Waals surface area contributed by atoms with E-state index in [1.165, 1.54) is 24.8 Å². The van der Waals surface area contributed by atoms with Gasteiger partial charge < -0.3 is 10.0 Å². The van der Waals surface area contributed by atoms with Crippen molar-refractivity contribution in [2.75, 3.05) is 6.54 Å². The van der Waals surface area contributed by atoms with Crippen LogP contribution in [0, 0.1) is 19.3 Å². The molecule has 4 nitrogen and oxygen atoms in total. The Hall–Kier alpha value is -2.14. The quantitative estimate of drug-likeness (QED) is 0.771. The van der Waals surface area contributed by atoms with Gasteiger partial charge in [0.25, 0.3) is 0 Å². The Kier molecular flexibility index (Phi) is 4.57. The summed E-state index contributed by atoms with van der Waals surface area (Å²) in [4.78, 5) is 8.00. The molecule has 4 rings (SSSR count). The molecule has 1 aromatic carbocycles. The fraction of sp³-hybridized carbons (Fsp3) is 0.429. The SMILES string of the molecule is Cc1ccc(-c2nc(C3=C(O)CN(C4CCCCC4)C3=N)sc2C)cc1. The van der Waals surface area contributed by atoms with Gasteiger partial charge >= 0.3 is 0 Å². The van der Waals surface area contributed by atoms with Gasteiger partial charge in [0.2, 0.25) is 0 Å². The number of aromatic nitrogens is 1. The lowest BCUT2D eigenvalue weighted by atomic mass is 9.94. The summed E-state index contributed by atoms with van der Waals surface area (Å²) in [6.45, 7) is 4.59. The highest BCUT2D eigenvalue weighted by molar-refractivity contribution is 7.13. The maximum absolute atomic E-state index is 10.6. The lowest BCUT2D eigenvalue weighted by molar-refractivity contribution is 0.241. The zero-order valence-corrected chi connectivity index (χ0v) is 16.2. The average molecular weight is 368 g/mol. The van der Waals surface area contributed by atoms with Gasteiger partial charge in [0, 0.05) is 16.5 Å². The van der Waals surface area contributed by atoms with Gasteiger partial charge in [-0.05, 0) is 26.7 Å². The van der Waals surface area contributed by atoms with Gasteiger partial charge in [-0.3, -0.25) is 5.41 Å². The molecule has 1 saturated carbocycles. The number of aryl methyl sites for hydroxylation is 2. The summed E-state index contributed by atoms with van der Waals surface area (Å²) in [7, 11) is 0. The minimum Gasteiger partial charge on any atom is -0.510 e. The van der Waals surface area contributed by atoms with Crippen molar-refractivity contribution < 1.29 is 5.11 Å². The van der Waals surface area contributed by atoms with Crippen molar-refractivity contribution in [2.24, 2.45) is 0 Å². The predicted molar refractivity (Wildman–Crippen MR) is 108 cm³/mol. The van der Waals surface area contributed by atoms with E-state index in [-0.39, 0.29) is 0 Å². The van der Waals surface area contributed by atoms with E-state index in [2.05, 4.69) is 43.0 Å². The molecular formula is C21H25N3OS. The summed E-state index contributed by atoms with van der Waals surface area (Å²) in [5, 5.41) is 20.0. The molecule has 1 aromatic heterocycles. The number of aliphatic hydroxyl groups excluding tert-OH is 1. The van der Waals surface area contributed by atoms with Crippen LogP contribution in [-0.2, 0) is 0 Å². The number of nitrogens with one attached hydrogen (secondary N) is 1. The standard InChI is InChI=1S/C21H25N3OS/c1-13-8-10-15(11-9-13)19-14(2)26-21(23-19)18-17(25)12-24(20(18)22)16-6-4-3-5-7-16/h8-11,16,22,25H,3-7,12H2,1-2H3. The van der Waals surface area contributed by atoms with Gasteiger partial charge in [0.15, 0.2) is 0 Å². The molecule has 2 aromatic rings. The Labute approximate surface area is 158 Å². The van der Waals surface area contributed by atoms with Crippen LogP contribution in [0.3, 0.4) is 0 Å². The summed E-state index contributed by atoms with van der Waals surface area (Å²) in [6.07, 6.45) is 5.97. The molecule has 1 fully saturated rings. The van der Waals surface area contributed by atoms with E-state index < -0.39 is 0 Å². The van der Waals surface area contributed by atoms with E-state index in [0.29, 0.717) is 29.8 Å². The van der Waals surface area contributed by atoms with Crippen molar-refractivity contribution in [2.45, 2.75) is 52.0 Å². The topological polar surface area (TPSA) is 60.2 Å². The fourth-order valence-electron chi connectivity index (χ4n) is 4.01. The van der Waals surface area contributed by atoms with Gasteiger partial charge in [0.05, 0.1) is 17.8 Å². The third-order valence-electron chi connectivity index (χ3n) is 5.48. The first-order chi connectivity index (χ1) is 12.5. The largest absolute Gasteiger partial charge is 0.510 e. The van der Waals surface area contributed by atoms with Crippen molar-refractivity contribution in [3.05, 3.63) is 45.5 Å². The molecule has 136 valence electrons. The normalized spacial score (nSPS) is 18.8. The van der Waals surface area contributed by atoms with E-state index in [0.717, 1.165) is 34.0 Å². The Balaban J connectivity index is 1.63. The first-order valence-corrected chi connectivity index (χ1v) is 10.2. The molecule has 0 bridgehead atoms. The number of aliphatic hydroxyl groups is 1. The zero-order chi connectivity index (χ0) is 18.3. The summed E-state index contributed by atoms with van der Waals surface area (Å²) < 4.78 is 0. The minimum absolute atomic E-state index is 0.296. The number of amidine groups is 1. The van der Waals surface area contributed by atoms with E-state index in [1.54, 1.807) is 11.3 Å². The van der Waals surface area contributed by atoms with E-state index in [4.69, 9.17) is 10.4 Å². The van der Waals surface area contributed by atoms with Crippen LogP contribution in [0.1, 0.15) is 47.6 Å². The summed E-state index contributed by atoms with van der Waals surface area (Å²) in [5.41, 5.74) is 3.89. The fourth-order valence-corrected chi connectivity index (χ4v) is 5.02. The number of hydrogen-bond acceptors (Lipinski definition) is 4. The number of nitrogens with zero attached hydrogens (tertiary/aromatic N) is 2. The summed E-state index contributed by atoms with van der Waals surface area (Å²) in [5.74, 6) is 0.739. The van der Waals surface area contributed by atoms with Crippen LogP contribution < -0.4 is 0 Å². The molecule has 2 aliphatic rings. The zero-order valence-electron chi connectivity index (χ0n) is 15.4. The Morgan fingerprint density at radius 2 is 1.81 bits per heavy atom. The van der Waals surface area contributed by atoms with Crippen LogP contribution in [0.5, 0.6) is 0 Å². The highest BCUT2D eigenvalue weighted by Crippen LogP contribution is 2.37. The van der Waals surface area contributed by atoms with E-state index in [1.807, 2.05) is 0 Å². The molecule has 1 aliphatic carbocycles. The monoisotopic (exact) mass is 367 g/mol. The maximum atomic E-state index is 10.6. The molecule has 0 atom stereocenters. The third kappa shape index (κ3) is 3.05. The number of rotatable bonds is 3. The van der Waals surface area contributed by atoms with Crippen molar-refractivity contribution in [3.8, 4) is 11.3 Å². The number of hydrogen-bond donors (Lipinski definition) is 2. The molecule has 0 saturated heterocycles. The third-order valence-corrected chi connectivity index (χ3v) is 6.47. The van der Waals surface area contributed by atoms with Crippen LogP contribution in [0.15, 0.2) is 30.0 Å². The van der Waals surface area contributed by atoms with Gasteiger partial charge in [-0.2, -0.15) is 0 Å². The van der Waals surface area contributed by atoms with Crippen LogP contribution in [0.4, 0.5) is 0 Å². The average Bonchev–Trinajstić information content (AvgIpc) is 3.16. The molecule has 0 unspecified atom stereocenters. The van der Waals surface area contributed by atoms with Crippen LogP contribution >= 0.6 is 11.3 Å². The number of thiazole rings is 1. The molecule has 0 radical (unpaired) electrons. The van der Waals surface area contributed by atoms with Gasteiger partial charge in [-0.25, -0.2) is 4.98 Å². The van der Waals surface area contributed by atoms with Crippen LogP contribution in [0.25, 0.3) is 16.8 Å². The second-order valence-electron chi connectivity index (χ2n) is 7.38. The molecule has 5 heteroatoms. The minimum atomic E-state index is 0.296. The smallest absolute Gasteiger partial charge is 0.135 e. The molecule has 1 aliphatic heterocycles. The first-order valence-electron chi connectivity index (χ1n) is 9.37. The Bertz CT molecular complexity index is 860. The van der Waals surface area contributed by atoms with Gasteiger partial charge in [-0.15, -0.1) is 11.3 Å². The lowest BCUT2D eigenvalue weighted by Gasteiger charge is -2.32. The van der Waals surface area contributed by atoms with Crippen LogP contribution in [-0.4, -0.2) is 33.4 Å². The molecule has 2 heterocycles. The number of benzene rings is 1. The molecule has 26 heavy (non-hydrogen) atoms. The van der Waals surface area contributed by atoms with Crippen molar-refractivity contribution in [1.82, 2.24) is 9.88 Å². The second kappa shape index (κ2) is 6.88. The maximum Gasteiger partial charge on any atom is 0.135 e. The molecule has 2 N–H and O–H groups in total. The van der Waals surface area contributed by atoms with Gasteiger partial charge in [-0.1, -0.05) is 49.1 Å². The first kappa shape index (κ1) is 17.3. The lowest BCUT2D eigenvalue weighted by Crippen LogP contribution is -2.38. The summed E-state index contributed by atoms with van der Waals surface area (Å²) >= 11 is 1.57. The highest BCUT2D eigenvalue weighted by atomic mass is 32.1. The van der Waals surface area contributed by atoms with Gasteiger partial charge in [0.1, 0.15) is 16.6 Å².